The average Bonchev–Trinajstić information content (AvgIpc) is 2.81. The van der Waals surface area contributed by atoms with Gasteiger partial charge in [-0.2, -0.15) is 0 Å². The molecule has 0 aliphatic heterocycles. The van der Waals surface area contributed by atoms with Gasteiger partial charge in [0.25, 0.3) is 0 Å². The van der Waals surface area contributed by atoms with E-state index in [4.69, 9.17) is 0 Å². The number of hydrogen-bond donors (Lipinski definition) is 1. The molecule has 0 radical (unpaired) electrons. The van der Waals surface area contributed by atoms with Gasteiger partial charge in [0, 0.05) is 26.1 Å². The number of nitrogens with one attached hydrogen (secondary N) is 1. The summed E-state index contributed by atoms with van der Waals surface area (Å²) in [5, 5.41) is 2.87. The molecule has 0 aliphatic carbocycles. The summed E-state index contributed by atoms with van der Waals surface area (Å²) in [6.45, 7) is 6.75. The maximum absolute atomic E-state index is 13.2. The molecule has 2 amide bonds. The van der Waals surface area contributed by atoms with Crippen LogP contribution < -0.4 is 9.62 Å². The van der Waals surface area contributed by atoms with E-state index in [0.29, 0.717) is 31.6 Å². The average molecular weight is 488 g/mol. The van der Waals surface area contributed by atoms with Crippen molar-refractivity contribution < 1.29 is 18.0 Å². The van der Waals surface area contributed by atoms with Crippen molar-refractivity contribution in [1.82, 2.24) is 10.2 Å². The van der Waals surface area contributed by atoms with E-state index in [2.05, 4.69) is 5.32 Å². The number of aryl methyl sites for hydroxylation is 1. The Hall–Kier alpha value is -2.87. The number of sulfonamides is 1. The maximum Gasteiger partial charge on any atom is 0.242 e. The van der Waals surface area contributed by atoms with Crippen LogP contribution in [0.2, 0.25) is 0 Å². The molecule has 1 atom stereocenters. The topological polar surface area (TPSA) is 86.8 Å². The molecule has 7 nitrogen and oxygen atoms in total. The lowest BCUT2D eigenvalue weighted by Crippen LogP contribution is -2.49. The molecule has 0 saturated heterocycles. The van der Waals surface area contributed by atoms with Gasteiger partial charge in [0.2, 0.25) is 21.8 Å². The smallest absolute Gasteiger partial charge is 0.242 e. The van der Waals surface area contributed by atoms with E-state index in [-0.39, 0.29) is 24.8 Å². The molecule has 2 aromatic carbocycles. The summed E-state index contributed by atoms with van der Waals surface area (Å²) in [6.07, 6.45) is 3.13. The third-order valence-corrected chi connectivity index (χ3v) is 6.92. The molecule has 34 heavy (non-hydrogen) atoms. The van der Waals surface area contributed by atoms with Crippen molar-refractivity contribution >= 4 is 27.5 Å². The van der Waals surface area contributed by atoms with Gasteiger partial charge in [-0.1, -0.05) is 55.5 Å². The Morgan fingerprint density at radius 2 is 1.65 bits per heavy atom. The third-order valence-electron chi connectivity index (χ3n) is 5.74. The predicted molar refractivity (Wildman–Crippen MR) is 137 cm³/mol. The van der Waals surface area contributed by atoms with Crippen LogP contribution in [-0.2, 0) is 26.0 Å². The first kappa shape index (κ1) is 27.4. The third kappa shape index (κ3) is 8.17. The maximum atomic E-state index is 13.2. The molecule has 0 bridgehead atoms. The first-order chi connectivity index (χ1) is 16.1. The second-order valence-corrected chi connectivity index (χ2v) is 10.4. The second kappa shape index (κ2) is 13.1. The van der Waals surface area contributed by atoms with E-state index in [9.17, 15) is 18.0 Å². The number of anilines is 1. The van der Waals surface area contributed by atoms with Crippen LogP contribution in [0.3, 0.4) is 0 Å². The van der Waals surface area contributed by atoms with Gasteiger partial charge in [0.1, 0.15) is 6.04 Å². The van der Waals surface area contributed by atoms with Crippen LogP contribution in [0, 0.1) is 6.92 Å². The monoisotopic (exact) mass is 487 g/mol. The van der Waals surface area contributed by atoms with E-state index in [0.717, 1.165) is 17.5 Å². The Kier molecular flexibility index (Phi) is 10.6. The zero-order chi connectivity index (χ0) is 25.1. The number of carbonyl (C=O) groups is 2. The standard InChI is InChI=1S/C26H37N3O4S/c1-5-18-27-26(31)22(3)28(20-17-23-13-7-6-8-14-23)25(30)16-11-19-29(34(4,32)33)24-15-10-9-12-21(24)2/h6-10,12-15,22H,5,11,16-20H2,1-4H3,(H,27,31)/t22-/m0/s1. The molecule has 0 heterocycles. The van der Waals surface area contributed by atoms with Crippen molar-refractivity contribution in [3.8, 4) is 0 Å². The van der Waals surface area contributed by atoms with Crippen LogP contribution in [0.15, 0.2) is 54.6 Å². The van der Waals surface area contributed by atoms with E-state index >= 15 is 0 Å². The highest BCUT2D eigenvalue weighted by Crippen LogP contribution is 2.22. The number of amides is 2. The van der Waals surface area contributed by atoms with Gasteiger partial charge in [-0.15, -0.1) is 0 Å². The van der Waals surface area contributed by atoms with E-state index < -0.39 is 16.1 Å². The van der Waals surface area contributed by atoms with Crippen LogP contribution in [0.25, 0.3) is 0 Å². The highest BCUT2D eigenvalue weighted by molar-refractivity contribution is 7.92. The van der Waals surface area contributed by atoms with Crippen LogP contribution in [0.4, 0.5) is 5.69 Å². The van der Waals surface area contributed by atoms with Gasteiger partial charge in [-0.3, -0.25) is 13.9 Å². The second-order valence-electron chi connectivity index (χ2n) is 8.51. The molecule has 0 fully saturated rings. The van der Waals surface area contributed by atoms with Crippen molar-refractivity contribution in [2.75, 3.05) is 30.2 Å². The lowest BCUT2D eigenvalue weighted by atomic mass is 10.1. The summed E-state index contributed by atoms with van der Waals surface area (Å²) in [5.74, 6) is -0.339. The minimum Gasteiger partial charge on any atom is -0.354 e. The Morgan fingerprint density at radius 1 is 1.00 bits per heavy atom. The van der Waals surface area contributed by atoms with Crippen molar-refractivity contribution in [2.24, 2.45) is 0 Å². The minimum absolute atomic E-state index is 0.151. The normalized spacial score (nSPS) is 12.1. The predicted octanol–water partition coefficient (Wildman–Crippen LogP) is 3.53. The Labute approximate surface area is 204 Å². The van der Waals surface area contributed by atoms with E-state index in [1.807, 2.05) is 56.3 Å². The zero-order valence-electron chi connectivity index (χ0n) is 20.7. The Balaban J connectivity index is 2.10. The summed E-state index contributed by atoms with van der Waals surface area (Å²) in [6, 6.07) is 16.5. The number of para-hydroxylation sites is 1. The van der Waals surface area contributed by atoms with Crippen molar-refractivity contribution in [1.29, 1.82) is 0 Å². The van der Waals surface area contributed by atoms with E-state index in [1.54, 1.807) is 24.0 Å². The fourth-order valence-corrected chi connectivity index (χ4v) is 4.81. The van der Waals surface area contributed by atoms with Gasteiger partial charge >= 0.3 is 0 Å². The van der Waals surface area contributed by atoms with Gasteiger partial charge < -0.3 is 10.2 Å². The molecule has 0 saturated carbocycles. The highest BCUT2D eigenvalue weighted by Gasteiger charge is 2.26. The van der Waals surface area contributed by atoms with Crippen LogP contribution in [-0.4, -0.2) is 57.1 Å². The lowest BCUT2D eigenvalue weighted by molar-refractivity contribution is -0.139. The first-order valence-corrected chi connectivity index (χ1v) is 13.6. The van der Waals surface area contributed by atoms with Crippen molar-refractivity contribution in [3.63, 3.8) is 0 Å². The molecular weight excluding hydrogens is 450 g/mol. The van der Waals surface area contributed by atoms with Crippen LogP contribution in [0.1, 0.15) is 44.2 Å². The van der Waals surface area contributed by atoms with Gasteiger partial charge in [0.15, 0.2) is 0 Å². The molecule has 0 aliphatic rings. The molecule has 0 unspecified atom stereocenters. The van der Waals surface area contributed by atoms with Crippen LogP contribution in [0.5, 0.6) is 0 Å². The number of benzene rings is 2. The fourth-order valence-electron chi connectivity index (χ4n) is 3.79. The molecule has 186 valence electrons. The molecule has 2 aromatic rings. The summed E-state index contributed by atoms with van der Waals surface area (Å²) < 4.78 is 26.2. The van der Waals surface area contributed by atoms with Gasteiger partial charge in [-0.25, -0.2) is 8.42 Å². The Bertz CT molecular complexity index is 1040. The van der Waals surface area contributed by atoms with Crippen LogP contribution >= 0.6 is 0 Å². The number of rotatable bonds is 13. The summed E-state index contributed by atoms with van der Waals surface area (Å²) >= 11 is 0. The molecule has 0 aromatic heterocycles. The SMILES string of the molecule is CCCNC(=O)[C@H](C)N(CCc1ccccc1)C(=O)CCCN(c1ccccc1C)S(C)(=O)=O. The quantitative estimate of drug-likeness (QED) is 0.468. The summed E-state index contributed by atoms with van der Waals surface area (Å²) in [7, 11) is -3.50. The molecular formula is C26H37N3O4S. The number of nitrogens with zero attached hydrogens (tertiary/aromatic N) is 2. The number of hydrogen-bond acceptors (Lipinski definition) is 4. The Morgan fingerprint density at radius 3 is 2.26 bits per heavy atom. The summed E-state index contributed by atoms with van der Waals surface area (Å²) in [5.41, 5.74) is 2.56. The van der Waals surface area contributed by atoms with Crippen molar-refractivity contribution in [2.45, 2.75) is 52.5 Å². The van der Waals surface area contributed by atoms with E-state index in [1.165, 1.54) is 10.6 Å². The highest BCUT2D eigenvalue weighted by atomic mass is 32.2. The first-order valence-electron chi connectivity index (χ1n) is 11.8. The minimum atomic E-state index is -3.50. The molecule has 2 rings (SSSR count). The van der Waals surface area contributed by atoms with Gasteiger partial charge in [-0.05, 0) is 50.3 Å². The van der Waals surface area contributed by atoms with Crippen molar-refractivity contribution in [3.05, 3.63) is 65.7 Å². The van der Waals surface area contributed by atoms with Gasteiger partial charge in [0.05, 0.1) is 11.9 Å². The molecule has 0 spiro atoms. The summed E-state index contributed by atoms with van der Waals surface area (Å²) in [4.78, 5) is 27.4. The largest absolute Gasteiger partial charge is 0.354 e. The zero-order valence-corrected chi connectivity index (χ0v) is 21.5. The number of carbonyl (C=O) groups excluding carboxylic acids is 2. The lowest BCUT2D eigenvalue weighted by Gasteiger charge is -2.29. The fraction of sp³-hybridized carbons (Fsp3) is 0.462. The molecule has 1 N–H and O–H groups in total. The molecule has 8 heteroatoms.